The van der Waals surface area contributed by atoms with Gasteiger partial charge in [0.2, 0.25) is 0 Å². The van der Waals surface area contributed by atoms with Crippen LogP contribution in [0.1, 0.15) is 19.4 Å². The van der Waals surface area contributed by atoms with Crippen molar-refractivity contribution in [3.8, 4) is 0 Å². The van der Waals surface area contributed by atoms with Crippen LogP contribution in [0, 0.1) is 5.92 Å². The Labute approximate surface area is 129 Å². The molecule has 0 fully saturated rings. The number of carbonyl (C=O) groups excluding carboxylic acids is 2. The third kappa shape index (κ3) is 4.82. The highest BCUT2D eigenvalue weighted by atomic mass is 35.5. The van der Waals surface area contributed by atoms with Crippen molar-refractivity contribution >= 4 is 33.2 Å². The summed E-state index contributed by atoms with van der Waals surface area (Å²) in [4.78, 5) is 23.4. The monoisotopic (exact) mass is 332 g/mol. The molecule has 1 unspecified atom stereocenters. The molecule has 0 N–H and O–H groups in total. The number of benzene rings is 1. The molecule has 1 aromatic carbocycles. The highest BCUT2D eigenvalue weighted by Gasteiger charge is 2.26. The quantitative estimate of drug-likeness (QED) is 0.588. The minimum atomic E-state index is -3.35. The van der Waals surface area contributed by atoms with Gasteiger partial charge in [-0.2, -0.15) is 0 Å². The summed E-state index contributed by atoms with van der Waals surface area (Å²) in [5.41, 5.74) is 0.525. The van der Waals surface area contributed by atoms with Crippen LogP contribution in [0.5, 0.6) is 0 Å². The van der Waals surface area contributed by atoms with Gasteiger partial charge in [-0.3, -0.25) is 9.59 Å². The van der Waals surface area contributed by atoms with Crippen LogP contribution in [-0.2, 0) is 30.6 Å². The van der Waals surface area contributed by atoms with Crippen molar-refractivity contribution in [2.75, 3.05) is 12.9 Å². The molecule has 0 aliphatic carbocycles. The van der Waals surface area contributed by atoms with Gasteiger partial charge >= 0.3 is 5.97 Å². The lowest BCUT2D eigenvalue weighted by Gasteiger charge is -2.14. The van der Waals surface area contributed by atoms with E-state index in [2.05, 4.69) is 0 Å². The zero-order chi connectivity index (χ0) is 16.2. The van der Waals surface area contributed by atoms with Crippen LogP contribution in [0.2, 0.25) is 5.02 Å². The number of ether oxygens (including phenoxy) is 1. The first-order valence-electron chi connectivity index (χ1n) is 6.32. The molecule has 0 saturated heterocycles. The van der Waals surface area contributed by atoms with E-state index in [0.717, 1.165) is 6.26 Å². The Morgan fingerprint density at radius 1 is 1.33 bits per heavy atom. The molecule has 5 nitrogen and oxygen atoms in total. The summed E-state index contributed by atoms with van der Waals surface area (Å²) in [6.07, 6.45) is 1.16. The van der Waals surface area contributed by atoms with Crippen molar-refractivity contribution in [3.05, 3.63) is 28.8 Å². The van der Waals surface area contributed by atoms with Gasteiger partial charge in [0.05, 0.1) is 11.5 Å². The van der Waals surface area contributed by atoms with E-state index in [4.69, 9.17) is 16.3 Å². The molecule has 1 atom stereocenters. The van der Waals surface area contributed by atoms with Gasteiger partial charge in [-0.15, -0.1) is 0 Å². The number of Topliss-reactive ketones (excluding diaryl/α,β-unsaturated/α-hetero) is 1. The Morgan fingerprint density at radius 2 is 1.95 bits per heavy atom. The first-order chi connectivity index (χ1) is 9.66. The molecule has 0 radical (unpaired) electrons. The largest absolute Gasteiger partial charge is 0.465 e. The van der Waals surface area contributed by atoms with Crippen LogP contribution in [0.4, 0.5) is 0 Å². The standard InChI is InChI=1S/C14H17ClO5S/c1-4-20-14(17)12(9(2)16)7-10-5-6-11(8-13(10)15)21(3,18)19/h5-6,8,12H,4,7H2,1-3H3. The van der Waals surface area contributed by atoms with E-state index in [0.29, 0.717) is 5.56 Å². The predicted molar refractivity (Wildman–Crippen MR) is 79.1 cm³/mol. The molecule has 0 amide bonds. The number of ketones is 1. The van der Waals surface area contributed by atoms with E-state index < -0.39 is 21.7 Å². The molecular weight excluding hydrogens is 316 g/mol. The van der Waals surface area contributed by atoms with Crippen LogP contribution in [0.15, 0.2) is 23.1 Å². The van der Waals surface area contributed by atoms with E-state index in [1.165, 1.54) is 25.1 Å². The molecule has 116 valence electrons. The first kappa shape index (κ1) is 17.7. The van der Waals surface area contributed by atoms with Crippen molar-refractivity contribution in [2.24, 2.45) is 5.92 Å². The summed E-state index contributed by atoms with van der Waals surface area (Å²) in [5.74, 6) is -1.86. The zero-order valence-corrected chi connectivity index (χ0v) is 13.6. The fourth-order valence-corrected chi connectivity index (χ4v) is 2.75. The Morgan fingerprint density at radius 3 is 2.38 bits per heavy atom. The number of hydrogen-bond acceptors (Lipinski definition) is 5. The average molecular weight is 333 g/mol. The van der Waals surface area contributed by atoms with E-state index in [-0.39, 0.29) is 28.7 Å². The minimum absolute atomic E-state index is 0.0804. The smallest absolute Gasteiger partial charge is 0.316 e. The molecule has 0 heterocycles. The van der Waals surface area contributed by atoms with Crippen molar-refractivity contribution in [2.45, 2.75) is 25.2 Å². The third-order valence-electron chi connectivity index (χ3n) is 2.94. The minimum Gasteiger partial charge on any atom is -0.465 e. The number of halogens is 1. The van der Waals surface area contributed by atoms with Crippen molar-refractivity contribution in [1.82, 2.24) is 0 Å². The highest BCUT2D eigenvalue weighted by molar-refractivity contribution is 7.90. The lowest BCUT2D eigenvalue weighted by atomic mass is 9.96. The number of carbonyl (C=O) groups is 2. The van der Waals surface area contributed by atoms with Gasteiger partial charge in [0, 0.05) is 11.3 Å². The Balaban J connectivity index is 3.06. The molecule has 1 aromatic rings. The highest BCUT2D eigenvalue weighted by Crippen LogP contribution is 2.24. The van der Waals surface area contributed by atoms with Crippen LogP contribution in [0.3, 0.4) is 0 Å². The summed E-state index contributed by atoms with van der Waals surface area (Å²) < 4.78 is 27.7. The van der Waals surface area contributed by atoms with Gasteiger partial charge in [-0.25, -0.2) is 8.42 Å². The van der Waals surface area contributed by atoms with E-state index >= 15 is 0 Å². The van der Waals surface area contributed by atoms with Crippen molar-refractivity contribution in [1.29, 1.82) is 0 Å². The molecule has 0 bridgehead atoms. The Hall–Kier alpha value is -1.40. The fourth-order valence-electron chi connectivity index (χ4n) is 1.78. The topological polar surface area (TPSA) is 77.5 Å². The van der Waals surface area contributed by atoms with Gasteiger partial charge in [0.15, 0.2) is 9.84 Å². The number of hydrogen-bond donors (Lipinski definition) is 0. The van der Waals surface area contributed by atoms with Crippen molar-refractivity contribution < 1.29 is 22.7 Å². The lowest BCUT2D eigenvalue weighted by Crippen LogP contribution is -2.26. The normalized spacial score (nSPS) is 12.8. The van der Waals surface area contributed by atoms with Crippen LogP contribution in [0.25, 0.3) is 0 Å². The maximum absolute atomic E-state index is 11.7. The van der Waals surface area contributed by atoms with E-state index in [1.54, 1.807) is 6.92 Å². The van der Waals surface area contributed by atoms with Gasteiger partial charge < -0.3 is 4.74 Å². The molecule has 1 rings (SSSR count). The van der Waals surface area contributed by atoms with Gasteiger partial charge in [0.25, 0.3) is 0 Å². The maximum atomic E-state index is 11.7. The maximum Gasteiger partial charge on any atom is 0.316 e. The SMILES string of the molecule is CCOC(=O)C(Cc1ccc(S(C)(=O)=O)cc1Cl)C(C)=O. The Kier molecular flexibility index (Phi) is 5.92. The molecule has 0 aliphatic rings. The molecule has 7 heteroatoms. The van der Waals surface area contributed by atoms with Gasteiger partial charge in [0.1, 0.15) is 11.7 Å². The summed E-state index contributed by atoms with van der Waals surface area (Å²) in [7, 11) is -3.35. The predicted octanol–water partition coefficient (Wildman–Crippen LogP) is 2.05. The first-order valence-corrected chi connectivity index (χ1v) is 8.59. The van der Waals surface area contributed by atoms with E-state index in [1.807, 2.05) is 0 Å². The van der Waals surface area contributed by atoms with Gasteiger partial charge in [-0.1, -0.05) is 17.7 Å². The zero-order valence-electron chi connectivity index (χ0n) is 12.1. The summed E-state index contributed by atoms with van der Waals surface area (Å²) in [6.45, 7) is 3.15. The third-order valence-corrected chi connectivity index (χ3v) is 4.40. The molecule has 0 spiro atoms. The molecule has 0 aromatic heterocycles. The second kappa shape index (κ2) is 7.04. The van der Waals surface area contributed by atoms with Crippen molar-refractivity contribution in [3.63, 3.8) is 0 Å². The van der Waals surface area contributed by atoms with E-state index in [9.17, 15) is 18.0 Å². The average Bonchev–Trinajstić information content (AvgIpc) is 2.35. The molecule has 0 saturated carbocycles. The second-order valence-corrected chi connectivity index (χ2v) is 7.07. The molecular formula is C14H17ClO5S. The van der Waals surface area contributed by atoms with Crippen LogP contribution >= 0.6 is 11.6 Å². The number of sulfone groups is 1. The summed E-state index contributed by atoms with van der Waals surface area (Å²) in [6, 6.07) is 4.22. The fraction of sp³-hybridized carbons (Fsp3) is 0.429. The van der Waals surface area contributed by atoms with Crippen LogP contribution in [-0.4, -0.2) is 33.0 Å². The molecule has 21 heavy (non-hydrogen) atoms. The summed E-state index contributed by atoms with van der Waals surface area (Å²) in [5, 5.41) is 0.202. The lowest BCUT2D eigenvalue weighted by molar-refractivity contribution is -0.151. The number of esters is 1. The van der Waals surface area contributed by atoms with Crippen LogP contribution < -0.4 is 0 Å². The molecule has 0 aliphatic heterocycles. The second-order valence-electron chi connectivity index (χ2n) is 4.64. The van der Waals surface area contributed by atoms with Gasteiger partial charge in [-0.05, 0) is 38.0 Å². The Bertz CT molecular complexity index is 651. The summed E-state index contributed by atoms with van der Waals surface area (Å²) >= 11 is 6.04. The number of rotatable bonds is 6.